The van der Waals surface area contributed by atoms with Gasteiger partial charge in [-0.1, -0.05) is 19.8 Å². The number of hydrogen-bond donors (Lipinski definition) is 1. The van der Waals surface area contributed by atoms with Crippen LogP contribution in [0, 0.1) is 5.41 Å². The van der Waals surface area contributed by atoms with Crippen LogP contribution in [0.2, 0.25) is 0 Å². The Bertz CT molecular complexity index is 291. The maximum Gasteiger partial charge on any atom is 0.115 e. The fourth-order valence-electron chi connectivity index (χ4n) is 2.32. The second kappa shape index (κ2) is 4.71. The molecule has 1 N–H and O–H groups in total. The molecule has 0 spiro atoms. The van der Waals surface area contributed by atoms with E-state index in [-0.39, 0.29) is 0 Å². The lowest BCUT2D eigenvalue weighted by Crippen LogP contribution is -2.29. The first-order valence-corrected chi connectivity index (χ1v) is 5.74. The van der Waals surface area contributed by atoms with Crippen molar-refractivity contribution in [3.8, 4) is 0 Å². The molecule has 0 amide bonds. The molecular weight excluding hydrogens is 186 g/mol. The highest BCUT2D eigenvalue weighted by molar-refractivity contribution is 4.97. The molecule has 1 aliphatic carbocycles. The summed E-state index contributed by atoms with van der Waals surface area (Å²) in [4.78, 5) is 8.10. The standard InChI is InChI=1S/C12H19N3/c1-12(5-2-3-6-12)9-14-8-11-4-7-13-10-15-11/h4,7,10,14H,2-3,5-6,8-9H2,1H3. The van der Waals surface area contributed by atoms with Crippen LogP contribution in [0.4, 0.5) is 0 Å². The first-order valence-electron chi connectivity index (χ1n) is 5.74. The van der Waals surface area contributed by atoms with Crippen LogP contribution in [-0.4, -0.2) is 16.5 Å². The van der Waals surface area contributed by atoms with Gasteiger partial charge in [0.05, 0.1) is 5.69 Å². The van der Waals surface area contributed by atoms with E-state index in [0.717, 1.165) is 18.8 Å². The van der Waals surface area contributed by atoms with Crippen molar-refractivity contribution in [1.82, 2.24) is 15.3 Å². The van der Waals surface area contributed by atoms with Crippen molar-refractivity contribution in [2.45, 2.75) is 39.2 Å². The normalized spacial score (nSPS) is 19.3. The summed E-state index contributed by atoms with van der Waals surface area (Å²) in [5, 5.41) is 3.49. The summed E-state index contributed by atoms with van der Waals surface area (Å²) < 4.78 is 0. The zero-order valence-corrected chi connectivity index (χ0v) is 9.37. The third-order valence-electron chi connectivity index (χ3n) is 3.31. The Labute approximate surface area is 91.3 Å². The first kappa shape index (κ1) is 10.6. The van der Waals surface area contributed by atoms with Crippen molar-refractivity contribution in [2.24, 2.45) is 5.41 Å². The van der Waals surface area contributed by atoms with Gasteiger partial charge in [-0.2, -0.15) is 0 Å². The lowest BCUT2D eigenvalue weighted by atomic mass is 9.89. The van der Waals surface area contributed by atoms with Crippen LogP contribution in [0.15, 0.2) is 18.6 Å². The van der Waals surface area contributed by atoms with Crippen LogP contribution in [0.1, 0.15) is 38.3 Å². The molecule has 1 heterocycles. The van der Waals surface area contributed by atoms with Gasteiger partial charge in [0.1, 0.15) is 6.33 Å². The van der Waals surface area contributed by atoms with Crippen molar-refractivity contribution in [1.29, 1.82) is 0 Å². The van der Waals surface area contributed by atoms with Crippen LogP contribution in [0.5, 0.6) is 0 Å². The largest absolute Gasteiger partial charge is 0.311 e. The Kier molecular flexibility index (Phi) is 3.31. The summed E-state index contributed by atoms with van der Waals surface area (Å²) in [5.74, 6) is 0. The molecule has 1 aromatic rings. The average Bonchev–Trinajstić information content (AvgIpc) is 2.67. The maximum absolute atomic E-state index is 4.19. The van der Waals surface area contributed by atoms with Crippen molar-refractivity contribution < 1.29 is 0 Å². The summed E-state index contributed by atoms with van der Waals surface area (Å²) in [6.45, 7) is 4.35. The highest BCUT2D eigenvalue weighted by Crippen LogP contribution is 2.36. The molecule has 1 aromatic heterocycles. The Balaban J connectivity index is 1.75. The van der Waals surface area contributed by atoms with E-state index in [9.17, 15) is 0 Å². The SMILES string of the molecule is CC1(CNCc2ccncn2)CCCC1. The molecule has 1 aliphatic rings. The maximum atomic E-state index is 4.19. The Morgan fingerprint density at radius 2 is 2.20 bits per heavy atom. The second-order valence-electron chi connectivity index (χ2n) is 4.82. The lowest BCUT2D eigenvalue weighted by Gasteiger charge is -2.23. The summed E-state index contributed by atoms with van der Waals surface area (Å²) in [7, 11) is 0. The molecule has 1 saturated carbocycles. The molecule has 15 heavy (non-hydrogen) atoms. The number of aromatic nitrogens is 2. The zero-order valence-electron chi connectivity index (χ0n) is 9.37. The van der Waals surface area contributed by atoms with Gasteiger partial charge in [0.15, 0.2) is 0 Å². The predicted molar refractivity (Wildman–Crippen MR) is 60.3 cm³/mol. The number of hydrogen-bond acceptors (Lipinski definition) is 3. The minimum absolute atomic E-state index is 0.521. The molecule has 3 heteroatoms. The second-order valence-corrected chi connectivity index (χ2v) is 4.82. The van der Waals surface area contributed by atoms with Gasteiger partial charge < -0.3 is 5.32 Å². The smallest absolute Gasteiger partial charge is 0.115 e. The fraction of sp³-hybridized carbons (Fsp3) is 0.667. The molecule has 82 valence electrons. The quantitative estimate of drug-likeness (QED) is 0.818. The van der Waals surface area contributed by atoms with Crippen LogP contribution in [0.25, 0.3) is 0 Å². The highest BCUT2D eigenvalue weighted by Gasteiger charge is 2.27. The monoisotopic (exact) mass is 205 g/mol. The molecule has 0 aromatic carbocycles. The molecule has 0 bridgehead atoms. The van der Waals surface area contributed by atoms with Gasteiger partial charge in [-0.25, -0.2) is 9.97 Å². The summed E-state index contributed by atoms with van der Waals surface area (Å²) >= 11 is 0. The van der Waals surface area contributed by atoms with Gasteiger partial charge in [0, 0.05) is 19.3 Å². The van der Waals surface area contributed by atoms with Crippen molar-refractivity contribution in [3.63, 3.8) is 0 Å². The molecule has 0 aliphatic heterocycles. The van der Waals surface area contributed by atoms with E-state index in [1.807, 2.05) is 6.07 Å². The van der Waals surface area contributed by atoms with Gasteiger partial charge >= 0.3 is 0 Å². The minimum Gasteiger partial charge on any atom is -0.311 e. The summed E-state index contributed by atoms with van der Waals surface area (Å²) in [6, 6.07) is 1.96. The predicted octanol–water partition coefficient (Wildman–Crippen LogP) is 2.15. The van der Waals surface area contributed by atoms with Crippen molar-refractivity contribution in [2.75, 3.05) is 6.54 Å². The third kappa shape index (κ3) is 2.99. The van der Waals surface area contributed by atoms with Gasteiger partial charge in [0.25, 0.3) is 0 Å². The number of nitrogens with zero attached hydrogens (tertiary/aromatic N) is 2. The lowest BCUT2D eigenvalue weighted by molar-refractivity contribution is 0.314. The van der Waals surface area contributed by atoms with Crippen LogP contribution >= 0.6 is 0 Å². The molecule has 1 fully saturated rings. The van der Waals surface area contributed by atoms with Crippen molar-refractivity contribution >= 4 is 0 Å². The average molecular weight is 205 g/mol. The van der Waals surface area contributed by atoms with E-state index in [1.54, 1.807) is 12.5 Å². The Morgan fingerprint density at radius 3 is 2.87 bits per heavy atom. The van der Waals surface area contributed by atoms with Crippen LogP contribution in [0.3, 0.4) is 0 Å². The number of rotatable bonds is 4. The molecular formula is C12H19N3. The third-order valence-corrected chi connectivity index (χ3v) is 3.31. The van der Waals surface area contributed by atoms with Crippen LogP contribution < -0.4 is 5.32 Å². The molecule has 0 saturated heterocycles. The van der Waals surface area contributed by atoms with E-state index in [2.05, 4.69) is 22.2 Å². The van der Waals surface area contributed by atoms with E-state index >= 15 is 0 Å². The van der Waals surface area contributed by atoms with E-state index in [4.69, 9.17) is 0 Å². The highest BCUT2D eigenvalue weighted by atomic mass is 14.9. The fourth-order valence-corrected chi connectivity index (χ4v) is 2.32. The molecule has 3 nitrogen and oxygen atoms in total. The van der Waals surface area contributed by atoms with Gasteiger partial charge in [0.2, 0.25) is 0 Å². The molecule has 0 unspecified atom stereocenters. The summed E-state index contributed by atoms with van der Waals surface area (Å²) in [6.07, 6.45) is 8.92. The van der Waals surface area contributed by atoms with E-state index in [0.29, 0.717) is 5.41 Å². The summed E-state index contributed by atoms with van der Waals surface area (Å²) in [5.41, 5.74) is 1.60. The molecule has 2 rings (SSSR count). The molecule has 0 radical (unpaired) electrons. The zero-order chi connectivity index (χ0) is 10.6. The minimum atomic E-state index is 0.521. The Morgan fingerprint density at radius 1 is 1.40 bits per heavy atom. The van der Waals surface area contributed by atoms with Gasteiger partial charge in [-0.15, -0.1) is 0 Å². The van der Waals surface area contributed by atoms with E-state index in [1.165, 1.54) is 25.7 Å². The first-order chi connectivity index (χ1) is 7.29. The van der Waals surface area contributed by atoms with Gasteiger partial charge in [-0.05, 0) is 24.3 Å². The molecule has 0 atom stereocenters. The van der Waals surface area contributed by atoms with E-state index < -0.39 is 0 Å². The van der Waals surface area contributed by atoms with Gasteiger partial charge in [-0.3, -0.25) is 0 Å². The number of nitrogens with one attached hydrogen (secondary N) is 1. The Hall–Kier alpha value is -0.960. The van der Waals surface area contributed by atoms with Crippen molar-refractivity contribution in [3.05, 3.63) is 24.3 Å². The topological polar surface area (TPSA) is 37.8 Å². The van der Waals surface area contributed by atoms with Crippen LogP contribution in [-0.2, 0) is 6.54 Å².